The third kappa shape index (κ3) is 5.54. The molecule has 6 nitrogen and oxygen atoms in total. The number of aliphatic carboxylic acids is 1. The molecule has 0 aliphatic heterocycles. The van der Waals surface area contributed by atoms with Gasteiger partial charge in [0, 0.05) is 12.1 Å². The van der Waals surface area contributed by atoms with Gasteiger partial charge in [0.1, 0.15) is 12.1 Å². The zero-order chi connectivity index (χ0) is 14.3. The Balaban J connectivity index is 2.70. The van der Waals surface area contributed by atoms with E-state index in [1.54, 1.807) is 6.07 Å². The van der Waals surface area contributed by atoms with Gasteiger partial charge in [-0.2, -0.15) is 0 Å². The van der Waals surface area contributed by atoms with Gasteiger partial charge in [-0.05, 0) is 12.3 Å². The molecule has 1 aromatic rings. The van der Waals surface area contributed by atoms with Crippen molar-refractivity contribution in [2.24, 2.45) is 5.92 Å². The molecule has 0 saturated heterocycles. The van der Waals surface area contributed by atoms with Crippen LogP contribution in [0.25, 0.3) is 0 Å². The summed E-state index contributed by atoms with van der Waals surface area (Å²) in [5.74, 6) is 0.437. The van der Waals surface area contributed by atoms with E-state index >= 15 is 0 Å². The Kier molecular flexibility index (Phi) is 6.05. The van der Waals surface area contributed by atoms with Crippen LogP contribution >= 0.6 is 0 Å². The van der Waals surface area contributed by atoms with Gasteiger partial charge in [0.2, 0.25) is 5.88 Å². The van der Waals surface area contributed by atoms with E-state index in [-0.39, 0.29) is 18.4 Å². The van der Waals surface area contributed by atoms with Crippen molar-refractivity contribution in [3.8, 4) is 5.88 Å². The van der Waals surface area contributed by atoms with Crippen LogP contribution in [0.1, 0.15) is 33.6 Å². The smallest absolute Gasteiger partial charge is 0.305 e. The van der Waals surface area contributed by atoms with Crippen molar-refractivity contribution in [3.63, 3.8) is 0 Å². The Labute approximate surface area is 113 Å². The summed E-state index contributed by atoms with van der Waals surface area (Å²) >= 11 is 0. The maximum Gasteiger partial charge on any atom is 0.305 e. The van der Waals surface area contributed by atoms with Gasteiger partial charge in [-0.3, -0.25) is 4.79 Å². The van der Waals surface area contributed by atoms with Crippen LogP contribution in [0.4, 0.5) is 5.82 Å². The number of nitrogens with one attached hydrogen (secondary N) is 1. The molecule has 1 unspecified atom stereocenters. The third-order valence-corrected chi connectivity index (χ3v) is 2.63. The molecular formula is C13H21N3O3. The van der Waals surface area contributed by atoms with Crippen LogP contribution in [0.5, 0.6) is 5.88 Å². The van der Waals surface area contributed by atoms with E-state index in [1.165, 1.54) is 6.33 Å². The first-order chi connectivity index (χ1) is 9.02. The number of nitrogens with zero attached hydrogens (tertiary/aromatic N) is 2. The minimum atomic E-state index is -0.831. The molecule has 1 aromatic heterocycles. The number of carboxylic acid groups (broad SMARTS) is 1. The van der Waals surface area contributed by atoms with Crippen molar-refractivity contribution in [1.29, 1.82) is 0 Å². The first-order valence-electron chi connectivity index (χ1n) is 6.46. The fourth-order valence-corrected chi connectivity index (χ4v) is 1.54. The first-order valence-corrected chi connectivity index (χ1v) is 6.46. The minimum absolute atomic E-state index is 0.0484. The van der Waals surface area contributed by atoms with Crippen molar-refractivity contribution in [3.05, 3.63) is 12.4 Å². The highest BCUT2D eigenvalue weighted by atomic mass is 16.5. The molecular weight excluding hydrogens is 246 g/mol. The topological polar surface area (TPSA) is 84.3 Å². The van der Waals surface area contributed by atoms with Crippen LogP contribution in [0.3, 0.4) is 0 Å². The monoisotopic (exact) mass is 267 g/mol. The quantitative estimate of drug-likeness (QED) is 0.751. The molecule has 19 heavy (non-hydrogen) atoms. The number of rotatable bonds is 8. The lowest BCUT2D eigenvalue weighted by molar-refractivity contribution is -0.137. The van der Waals surface area contributed by atoms with E-state index in [0.717, 1.165) is 6.42 Å². The summed E-state index contributed by atoms with van der Waals surface area (Å²) in [7, 11) is 0. The Morgan fingerprint density at radius 3 is 2.79 bits per heavy atom. The number of carboxylic acids is 1. The predicted octanol–water partition coefficient (Wildman–Crippen LogP) is 2.18. The third-order valence-electron chi connectivity index (χ3n) is 2.63. The number of hydrogen-bond donors (Lipinski definition) is 2. The second-order valence-electron chi connectivity index (χ2n) is 4.68. The van der Waals surface area contributed by atoms with Gasteiger partial charge >= 0.3 is 5.97 Å². The van der Waals surface area contributed by atoms with Gasteiger partial charge < -0.3 is 15.2 Å². The molecule has 0 fully saturated rings. The van der Waals surface area contributed by atoms with E-state index in [4.69, 9.17) is 9.84 Å². The van der Waals surface area contributed by atoms with E-state index in [2.05, 4.69) is 15.3 Å². The molecule has 1 atom stereocenters. The fraction of sp³-hybridized carbons (Fsp3) is 0.615. The molecule has 1 rings (SSSR count). The van der Waals surface area contributed by atoms with E-state index in [1.807, 2.05) is 20.8 Å². The summed E-state index contributed by atoms with van der Waals surface area (Å²) < 4.78 is 5.41. The Hall–Kier alpha value is -1.85. The lowest BCUT2D eigenvalue weighted by Gasteiger charge is -2.21. The van der Waals surface area contributed by atoms with Gasteiger partial charge in [-0.25, -0.2) is 9.97 Å². The summed E-state index contributed by atoms with van der Waals surface area (Å²) in [6, 6.07) is 1.51. The van der Waals surface area contributed by atoms with Crippen molar-refractivity contribution >= 4 is 11.8 Å². The van der Waals surface area contributed by atoms with E-state index in [0.29, 0.717) is 18.3 Å². The van der Waals surface area contributed by atoms with Crippen LogP contribution in [0.15, 0.2) is 12.4 Å². The van der Waals surface area contributed by atoms with Crippen LogP contribution in [-0.2, 0) is 4.79 Å². The van der Waals surface area contributed by atoms with Gasteiger partial charge in [-0.15, -0.1) is 0 Å². The molecule has 0 aliphatic carbocycles. The highest BCUT2D eigenvalue weighted by molar-refractivity contribution is 5.68. The van der Waals surface area contributed by atoms with Gasteiger partial charge in [0.15, 0.2) is 0 Å². The summed E-state index contributed by atoms with van der Waals surface area (Å²) in [5, 5.41) is 12.0. The zero-order valence-corrected chi connectivity index (χ0v) is 11.6. The normalized spacial score (nSPS) is 12.2. The lowest BCUT2D eigenvalue weighted by Crippen LogP contribution is -2.29. The molecule has 1 heterocycles. The van der Waals surface area contributed by atoms with Crippen molar-refractivity contribution in [2.75, 3.05) is 11.9 Å². The summed E-state index contributed by atoms with van der Waals surface area (Å²) in [6.07, 6.45) is 2.36. The minimum Gasteiger partial charge on any atom is -0.481 e. The number of hydrogen-bond acceptors (Lipinski definition) is 5. The lowest BCUT2D eigenvalue weighted by atomic mass is 10.0. The molecule has 0 saturated carbocycles. The molecule has 2 N–H and O–H groups in total. The second-order valence-corrected chi connectivity index (χ2v) is 4.68. The number of ether oxygens (including phenoxy) is 1. The number of aromatic nitrogens is 2. The zero-order valence-electron chi connectivity index (χ0n) is 11.6. The first kappa shape index (κ1) is 15.2. The molecule has 0 aromatic carbocycles. The van der Waals surface area contributed by atoms with E-state index < -0.39 is 5.97 Å². The second kappa shape index (κ2) is 7.56. The molecule has 0 bridgehead atoms. The van der Waals surface area contributed by atoms with Crippen molar-refractivity contribution < 1.29 is 14.6 Å². The maximum atomic E-state index is 10.8. The van der Waals surface area contributed by atoms with Crippen LogP contribution in [-0.4, -0.2) is 33.7 Å². The van der Waals surface area contributed by atoms with Crippen LogP contribution < -0.4 is 10.1 Å². The number of anilines is 1. The fourth-order valence-electron chi connectivity index (χ4n) is 1.54. The maximum absolute atomic E-state index is 10.8. The highest BCUT2D eigenvalue weighted by Crippen LogP contribution is 2.16. The number of carbonyl (C=O) groups is 1. The molecule has 0 amide bonds. The Morgan fingerprint density at radius 2 is 2.21 bits per heavy atom. The summed E-state index contributed by atoms with van der Waals surface area (Å²) in [6.45, 7) is 6.55. The van der Waals surface area contributed by atoms with Crippen molar-refractivity contribution in [2.45, 2.75) is 39.7 Å². The van der Waals surface area contributed by atoms with Crippen molar-refractivity contribution in [1.82, 2.24) is 9.97 Å². The largest absolute Gasteiger partial charge is 0.481 e. The summed E-state index contributed by atoms with van der Waals surface area (Å²) in [4.78, 5) is 18.9. The standard InChI is InChI=1S/C13H21N3O3/c1-4-5-19-12-7-11(14-8-15-12)16-10(9(2)3)6-13(17)18/h7-10H,4-6H2,1-3H3,(H,17,18)(H,14,15,16). The predicted molar refractivity (Wildman–Crippen MR) is 72.3 cm³/mol. The molecule has 0 aliphatic rings. The molecule has 0 spiro atoms. The Bertz CT molecular complexity index is 410. The van der Waals surface area contributed by atoms with Gasteiger partial charge in [-0.1, -0.05) is 20.8 Å². The SMILES string of the molecule is CCCOc1cc(NC(CC(=O)O)C(C)C)ncn1. The van der Waals surface area contributed by atoms with Gasteiger partial charge in [0.05, 0.1) is 13.0 Å². The summed E-state index contributed by atoms with van der Waals surface area (Å²) in [5.41, 5.74) is 0. The van der Waals surface area contributed by atoms with Gasteiger partial charge in [0.25, 0.3) is 0 Å². The van der Waals surface area contributed by atoms with E-state index in [9.17, 15) is 4.79 Å². The average Bonchev–Trinajstić information content (AvgIpc) is 2.35. The molecule has 0 radical (unpaired) electrons. The molecule has 106 valence electrons. The Morgan fingerprint density at radius 1 is 1.47 bits per heavy atom. The molecule has 6 heteroatoms. The van der Waals surface area contributed by atoms with Crippen LogP contribution in [0.2, 0.25) is 0 Å². The average molecular weight is 267 g/mol. The van der Waals surface area contributed by atoms with Crippen LogP contribution in [0, 0.1) is 5.92 Å². The highest BCUT2D eigenvalue weighted by Gasteiger charge is 2.17.